The molecule has 3 aromatic rings. The second kappa shape index (κ2) is 8.09. The number of thiazole rings is 1. The average Bonchev–Trinajstić information content (AvgIpc) is 3.03. The lowest BCUT2D eigenvalue weighted by atomic mass is 10.2. The van der Waals surface area contributed by atoms with Crippen molar-refractivity contribution in [3.8, 4) is 0 Å². The first kappa shape index (κ1) is 17.4. The SMILES string of the molecule is O=C(CSCc1nc2ccccc2s1)NCc1ccc([N+](=O)[O-])cc1. The number of hydrogen-bond acceptors (Lipinski definition) is 6. The van der Waals surface area contributed by atoms with Crippen molar-refractivity contribution in [1.82, 2.24) is 10.3 Å². The van der Waals surface area contributed by atoms with Gasteiger partial charge in [-0.05, 0) is 17.7 Å². The number of carbonyl (C=O) groups is 1. The number of aromatic nitrogens is 1. The number of non-ortho nitro benzene ring substituents is 1. The summed E-state index contributed by atoms with van der Waals surface area (Å²) >= 11 is 3.16. The maximum Gasteiger partial charge on any atom is 0.269 e. The van der Waals surface area contributed by atoms with Crippen LogP contribution in [0.4, 0.5) is 5.69 Å². The van der Waals surface area contributed by atoms with Gasteiger partial charge in [0.15, 0.2) is 0 Å². The summed E-state index contributed by atoms with van der Waals surface area (Å²) in [6, 6.07) is 14.1. The molecule has 8 heteroatoms. The second-order valence-electron chi connectivity index (χ2n) is 5.27. The number of para-hydroxylation sites is 1. The van der Waals surface area contributed by atoms with E-state index in [2.05, 4.69) is 10.3 Å². The Labute approximate surface area is 152 Å². The zero-order valence-electron chi connectivity index (χ0n) is 13.2. The highest BCUT2D eigenvalue weighted by atomic mass is 32.2. The molecule has 2 aromatic carbocycles. The van der Waals surface area contributed by atoms with Crippen molar-refractivity contribution in [2.75, 3.05) is 5.75 Å². The van der Waals surface area contributed by atoms with E-state index in [0.717, 1.165) is 20.8 Å². The Morgan fingerprint density at radius 2 is 1.96 bits per heavy atom. The topological polar surface area (TPSA) is 85.1 Å². The fourth-order valence-electron chi connectivity index (χ4n) is 2.20. The number of carbonyl (C=O) groups excluding carboxylic acids is 1. The van der Waals surface area contributed by atoms with Gasteiger partial charge in [0.25, 0.3) is 5.69 Å². The molecule has 0 spiro atoms. The van der Waals surface area contributed by atoms with Gasteiger partial charge in [-0.2, -0.15) is 0 Å². The third-order valence-corrected chi connectivity index (χ3v) is 5.60. The summed E-state index contributed by atoms with van der Waals surface area (Å²) in [4.78, 5) is 26.6. The predicted molar refractivity (Wildman–Crippen MR) is 101 cm³/mol. The molecule has 0 unspecified atom stereocenters. The summed E-state index contributed by atoms with van der Waals surface area (Å²) in [5.41, 5.74) is 1.86. The van der Waals surface area contributed by atoms with Crippen LogP contribution in [0.25, 0.3) is 10.2 Å². The number of rotatable bonds is 7. The molecule has 0 aliphatic heterocycles. The average molecular weight is 373 g/mol. The number of nitro benzene ring substituents is 1. The monoisotopic (exact) mass is 373 g/mol. The minimum Gasteiger partial charge on any atom is -0.351 e. The summed E-state index contributed by atoms with van der Waals surface area (Å²) in [6.07, 6.45) is 0. The van der Waals surface area contributed by atoms with Gasteiger partial charge in [0, 0.05) is 24.4 Å². The van der Waals surface area contributed by atoms with E-state index in [1.165, 1.54) is 23.9 Å². The number of nitro groups is 1. The maximum absolute atomic E-state index is 11.9. The highest BCUT2D eigenvalue weighted by Crippen LogP contribution is 2.24. The second-order valence-corrected chi connectivity index (χ2v) is 7.37. The number of hydrogen-bond donors (Lipinski definition) is 1. The van der Waals surface area contributed by atoms with Crippen LogP contribution < -0.4 is 5.32 Å². The molecule has 0 atom stereocenters. The molecular weight excluding hydrogens is 358 g/mol. The van der Waals surface area contributed by atoms with Crippen LogP contribution in [0.15, 0.2) is 48.5 Å². The highest BCUT2D eigenvalue weighted by Gasteiger charge is 2.07. The first-order valence-corrected chi connectivity index (χ1v) is 9.51. The molecule has 0 aliphatic rings. The van der Waals surface area contributed by atoms with E-state index in [0.29, 0.717) is 18.1 Å². The van der Waals surface area contributed by atoms with Crippen LogP contribution in [0.1, 0.15) is 10.6 Å². The molecule has 0 saturated heterocycles. The van der Waals surface area contributed by atoms with Gasteiger partial charge in [-0.25, -0.2) is 4.98 Å². The zero-order chi connectivity index (χ0) is 17.6. The van der Waals surface area contributed by atoms with Crippen LogP contribution in [-0.4, -0.2) is 21.6 Å². The summed E-state index contributed by atoms with van der Waals surface area (Å²) in [7, 11) is 0. The van der Waals surface area contributed by atoms with Crippen molar-refractivity contribution < 1.29 is 9.72 Å². The normalized spacial score (nSPS) is 10.7. The number of nitrogens with one attached hydrogen (secondary N) is 1. The summed E-state index contributed by atoms with van der Waals surface area (Å²) in [6.45, 7) is 0.360. The molecule has 1 heterocycles. The maximum atomic E-state index is 11.9. The molecule has 1 N–H and O–H groups in total. The Kier molecular flexibility index (Phi) is 5.62. The van der Waals surface area contributed by atoms with Crippen LogP contribution in [0.5, 0.6) is 0 Å². The van der Waals surface area contributed by atoms with E-state index >= 15 is 0 Å². The Balaban J connectivity index is 1.42. The fraction of sp³-hybridized carbons (Fsp3) is 0.176. The van der Waals surface area contributed by atoms with Crippen molar-refractivity contribution >= 4 is 44.9 Å². The van der Waals surface area contributed by atoms with Gasteiger partial charge in [-0.15, -0.1) is 23.1 Å². The molecule has 0 bridgehead atoms. The van der Waals surface area contributed by atoms with Crippen LogP contribution in [0, 0.1) is 10.1 Å². The molecule has 0 radical (unpaired) electrons. The Morgan fingerprint density at radius 1 is 1.20 bits per heavy atom. The molecule has 0 aliphatic carbocycles. The first-order chi connectivity index (χ1) is 12.1. The zero-order valence-corrected chi connectivity index (χ0v) is 14.8. The van der Waals surface area contributed by atoms with E-state index in [1.807, 2.05) is 24.3 Å². The minimum atomic E-state index is -0.443. The molecule has 0 fully saturated rings. The molecule has 3 rings (SSSR count). The third-order valence-electron chi connectivity index (χ3n) is 3.43. The molecule has 25 heavy (non-hydrogen) atoms. The highest BCUT2D eigenvalue weighted by molar-refractivity contribution is 7.99. The summed E-state index contributed by atoms with van der Waals surface area (Å²) in [5.74, 6) is 0.984. The minimum absolute atomic E-state index is 0.0430. The fourth-order valence-corrected chi connectivity index (χ4v) is 4.08. The van der Waals surface area contributed by atoms with E-state index in [4.69, 9.17) is 0 Å². The van der Waals surface area contributed by atoms with Gasteiger partial charge in [-0.3, -0.25) is 14.9 Å². The van der Waals surface area contributed by atoms with Crippen LogP contribution in [0.3, 0.4) is 0 Å². The number of thioether (sulfide) groups is 1. The molecule has 1 amide bonds. The van der Waals surface area contributed by atoms with Crippen molar-refractivity contribution in [2.45, 2.75) is 12.3 Å². The van der Waals surface area contributed by atoms with Crippen LogP contribution >= 0.6 is 23.1 Å². The Morgan fingerprint density at radius 3 is 2.68 bits per heavy atom. The quantitative estimate of drug-likeness (QED) is 0.503. The Bertz CT molecular complexity index is 861. The predicted octanol–water partition coefficient (Wildman–Crippen LogP) is 3.75. The van der Waals surface area contributed by atoms with Crippen LogP contribution in [-0.2, 0) is 17.1 Å². The number of nitrogens with zero attached hydrogens (tertiary/aromatic N) is 2. The lowest BCUT2D eigenvalue weighted by Crippen LogP contribution is -2.24. The molecule has 6 nitrogen and oxygen atoms in total. The van der Waals surface area contributed by atoms with E-state index in [1.54, 1.807) is 23.5 Å². The van der Waals surface area contributed by atoms with Crippen molar-refractivity contribution in [1.29, 1.82) is 0 Å². The Hall–Kier alpha value is -2.45. The van der Waals surface area contributed by atoms with E-state index < -0.39 is 4.92 Å². The molecular formula is C17H15N3O3S2. The first-order valence-electron chi connectivity index (χ1n) is 7.54. The van der Waals surface area contributed by atoms with Crippen molar-refractivity contribution in [2.24, 2.45) is 0 Å². The van der Waals surface area contributed by atoms with E-state index in [-0.39, 0.29) is 11.6 Å². The smallest absolute Gasteiger partial charge is 0.269 e. The lowest BCUT2D eigenvalue weighted by molar-refractivity contribution is -0.384. The molecule has 0 saturated carbocycles. The number of benzene rings is 2. The van der Waals surface area contributed by atoms with Gasteiger partial charge in [-0.1, -0.05) is 24.3 Å². The van der Waals surface area contributed by atoms with Crippen molar-refractivity contribution in [3.05, 3.63) is 69.2 Å². The van der Waals surface area contributed by atoms with Gasteiger partial charge in [0.2, 0.25) is 5.91 Å². The van der Waals surface area contributed by atoms with Gasteiger partial charge < -0.3 is 5.32 Å². The molecule has 128 valence electrons. The van der Waals surface area contributed by atoms with Gasteiger partial charge in [0.05, 0.1) is 20.9 Å². The lowest BCUT2D eigenvalue weighted by Gasteiger charge is -2.04. The molecule has 1 aromatic heterocycles. The van der Waals surface area contributed by atoms with Crippen LogP contribution in [0.2, 0.25) is 0 Å². The number of fused-ring (bicyclic) bond motifs is 1. The van der Waals surface area contributed by atoms with E-state index in [9.17, 15) is 14.9 Å². The number of amides is 1. The van der Waals surface area contributed by atoms with Crippen molar-refractivity contribution in [3.63, 3.8) is 0 Å². The largest absolute Gasteiger partial charge is 0.351 e. The summed E-state index contributed by atoms with van der Waals surface area (Å²) in [5, 5.41) is 14.4. The van der Waals surface area contributed by atoms with Gasteiger partial charge >= 0.3 is 0 Å². The standard InChI is InChI=1S/C17H15N3O3S2/c21-16(18-9-12-5-7-13(8-6-12)20(22)23)10-24-11-17-19-14-3-1-2-4-15(14)25-17/h1-8H,9-11H2,(H,18,21). The third kappa shape index (κ3) is 4.77. The summed E-state index contributed by atoms with van der Waals surface area (Å²) < 4.78 is 1.15. The van der Waals surface area contributed by atoms with Gasteiger partial charge in [0.1, 0.15) is 5.01 Å².